The molecule has 1 aliphatic heterocycles. The molecule has 3 N–H and O–H groups in total. The highest BCUT2D eigenvalue weighted by molar-refractivity contribution is 7.90. The van der Waals surface area contributed by atoms with Gasteiger partial charge >= 0.3 is 0 Å². The minimum atomic E-state index is -4.04. The van der Waals surface area contributed by atoms with Crippen molar-refractivity contribution in [2.24, 2.45) is 5.14 Å². The fourth-order valence-electron chi connectivity index (χ4n) is 3.16. The summed E-state index contributed by atoms with van der Waals surface area (Å²) in [7, 11) is -7.57. The van der Waals surface area contributed by atoms with Gasteiger partial charge in [0, 0.05) is 32.4 Å². The van der Waals surface area contributed by atoms with Gasteiger partial charge in [-0.1, -0.05) is 0 Å². The number of sulfonamides is 1. The number of halogens is 1. The van der Waals surface area contributed by atoms with Crippen molar-refractivity contribution in [2.75, 3.05) is 37.3 Å². The third-order valence-corrected chi connectivity index (χ3v) is 6.80. The number of phenolic OH excluding ortho intramolecular Hbond substituents is 1. The lowest BCUT2D eigenvalue weighted by molar-refractivity contribution is 0.0743. The average molecular weight is 458 g/mol. The van der Waals surface area contributed by atoms with Crippen molar-refractivity contribution in [1.29, 1.82) is 0 Å². The zero-order chi connectivity index (χ0) is 22.3. The lowest BCUT2D eigenvalue weighted by Gasteiger charge is -2.36. The van der Waals surface area contributed by atoms with Crippen molar-refractivity contribution in [3.05, 3.63) is 47.8 Å². The van der Waals surface area contributed by atoms with Crippen LogP contribution in [0, 0.1) is 5.82 Å². The zero-order valence-electron chi connectivity index (χ0n) is 15.9. The quantitative estimate of drug-likeness (QED) is 0.683. The molecule has 0 radical (unpaired) electrons. The third-order valence-electron chi connectivity index (χ3n) is 4.78. The van der Waals surface area contributed by atoms with E-state index in [0.29, 0.717) is 0 Å². The number of anilines is 1. The van der Waals surface area contributed by atoms with E-state index in [4.69, 9.17) is 5.14 Å². The second kappa shape index (κ2) is 7.85. The van der Waals surface area contributed by atoms with Crippen LogP contribution in [0.3, 0.4) is 0 Å². The van der Waals surface area contributed by atoms with Gasteiger partial charge < -0.3 is 14.9 Å². The van der Waals surface area contributed by atoms with Gasteiger partial charge in [0.2, 0.25) is 10.0 Å². The predicted molar refractivity (Wildman–Crippen MR) is 107 cm³/mol. The van der Waals surface area contributed by atoms with Crippen molar-refractivity contribution in [3.8, 4) is 5.75 Å². The van der Waals surface area contributed by atoms with Gasteiger partial charge in [0.05, 0.1) is 21.0 Å². The van der Waals surface area contributed by atoms with Crippen LogP contribution in [0.25, 0.3) is 0 Å². The molecule has 3 rings (SSSR count). The van der Waals surface area contributed by atoms with Crippen LogP contribution in [0.5, 0.6) is 5.75 Å². The largest absolute Gasteiger partial charge is 0.507 e. The first-order chi connectivity index (χ1) is 13.9. The molecule has 1 amide bonds. The molecule has 1 heterocycles. The molecule has 30 heavy (non-hydrogen) atoms. The van der Waals surface area contributed by atoms with Crippen LogP contribution in [-0.2, 0) is 19.9 Å². The molecule has 0 spiro atoms. The Hall–Kier alpha value is -2.70. The molecule has 0 aliphatic carbocycles. The monoisotopic (exact) mass is 457 g/mol. The van der Waals surface area contributed by atoms with Crippen LogP contribution in [0.2, 0.25) is 0 Å². The number of nitrogens with two attached hydrogens (primary N) is 1. The van der Waals surface area contributed by atoms with E-state index >= 15 is 0 Å². The number of amides is 1. The summed E-state index contributed by atoms with van der Waals surface area (Å²) in [5, 5.41) is 15.0. The zero-order valence-corrected chi connectivity index (χ0v) is 17.6. The van der Waals surface area contributed by atoms with E-state index in [0.717, 1.165) is 30.5 Å². The summed E-state index contributed by atoms with van der Waals surface area (Å²) in [6.07, 6.45) is 0.992. The number of rotatable bonds is 4. The Kier molecular flexibility index (Phi) is 5.76. The number of benzene rings is 2. The molecule has 2 aromatic rings. The number of primary sulfonamides is 1. The number of aromatic hydroxyl groups is 1. The SMILES string of the molecule is CS(=O)(=O)c1ccc(N2CCN(C(=O)c3cc(S(N)(=O)=O)ccc3O)CC2)c(F)c1. The van der Waals surface area contributed by atoms with Gasteiger partial charge in [-0.25, -0.2) is 26.4 Å². The molecule has 0 saturated carbocycles. The molecule has 0 bridgehead atoms. The smallest absolute Gasteiger partial charge is 0.257 e. The van der Waals surface area contributed by atoms with E-state index in [2.05, 4.69) is 0 Å². The molecule has 12 heteroatoms. The van der Waals surface area contributed by atoms with E-state index in [1.807, 2.05) is 0 Å². The Balaban J connectivity index is 1.76. The Morgan fingerprint density at radius 3 is 2.13 bits per heavy atom. The molecular weight excluding hydrogens is 437 g/mol. The lowest BCUT2D eigenvalue weighted by Crippen LogP contribution is -2.49. The molecule has 0 atom stereocenters. The third kappa shape index (κ3) is 4.55. The first-order valence-corrected chi connectivity index (χ1v) is 12.2. The second-order valence-electron chi connectivity index (χ2n) is 6.89. The standard InChI is InChI=1S/C18H20FN3O6S2/c1-29(25,26)12-2-4-16(15(19)11-12)21-6-8-22(9-7-21)18(24)14-10-13(30(20,27)28)3-5-17(14)23/h2-5,10-11,23H,6-9H2,1H3,(H2,20,27,28). The highest BCUT2D eigenvalue weighted by Crippen LogP contribution is 2.26. The maximum absolute atomic E-state index is 14.4. The van der Waals surface area contributed by atoms with Gasteiger partial charge in [0.1, 0.15) is 11.6 Å². The molecule has 0 aromatic heterocycles. The van der Waals surface area contributed by atoms with Crippen LogP contribution in [-0.4, -0.2) is 65.2 Å². The van der Waals surface area contributed by atoms with Crippen molar-refractivity contribution >= 4 is 31.5 Å². The predicted octanol–water partition coefficient (Wildman–Crippen LogP) is 0.545. The Morgan fingerprint density at radius 2 is 1.60 bits per heavy atom. The molecule has 9 nitrogen and oxygen atoms in total. The number of sulfone groups is 1. The number of hydrogen-bond donors (Lipinski definition) is 2. The van der Waals surface area contributed by atoms with E-state index in [1.54, 1.807) is 4.90 Å². The van der Waals surface area contributed by atoms with Crippen molar-refractivity contribution in [3.63, 3.8) is 0 Å². The highest BCUT2D eigenvalue weighted by Gasteiger charge is 2.26. The van der Waals surface area contributed by atoms with Crippen molar-refractivity contribution in [1.82, 2.24) is 4.90 Å². The number of carbonyl (C=O) groups excluding carboxylic acids is 1. The van der Waals surface area contributed by atoms with E-state index < -0.39 is 31.6 Å². The summed E-state index contributed by atoms with van der Waals surface area (Å²) in [4.78, 5) is 15.4. The van der Waals surface area contributed by atoms with E-state index in [1.165, 1.54) is 17.0 Å². The topological polar surface area (TPSA) is 138 Å². The van der Waals surface area contributed by atoms with Crippen LogP contribution in [0.15, 0.2) is 46.2 Å². The summed E-state index contributed by atoms with van der Waals surface area (Å²) >= 11 is 0. The molecule has 0 unspecified atom stereocenters. The van der Waals surface area contributed by atoms with Gasteiger partial charge in [-0.2, -0.15) is 0 Å². The number of phenols is 1. The molecule has 1 fully saturated rings. The Labute approximate surface area is 173 Å². The second-order valence-corrected chi connectivity index (χ2v) is 10.5. The maximum atomic E-state index is 14.4. The van der Waals surface area contributed by atoms with Crippen LogP contribution in [0.1, 0.15) is 10.4 Å². The van der Waals surface area contributed by atoms with Gasteiger partial charge in [-0.3, -0.25) is 4.79 Å². The number of hydrogen-bond acceptors (Lipinski definition) is 7. The molecule has 2 aromatic carbocycles. The summed E-state index contributed by atoms with van der Waals surface area (Å²) in [6, 6.07) is 6.86. The number of nitrogens with zero attached hydrogens (tertiary/aromatic N) is 2. The van der Waals surface area contributed by atoms with E-state index in [9.17, 15) is 31.1 Å². The van der Waals surface area contributed by atoms with Crippen LogP contribution in [0.4, 0.5) is 10.1 Å². The Bertz CT molecular complexity index is 1210. The van der Waals surface area contributed by atoms with E-state index in [-0.39, 0.29) is 53.0 Å². The lowest BCUT2D eigenvalue weighted by atomic mass is 10.1. The maximum Gasteiger partial charge on any atom is 0.257 e. The Morgan fingerprint density at radius 1 is 1.00 bits per heavy atom. The molecule has 1 saturated heterocycles. The average Bonchev–Trinajstić information content (AvgIpc) is 2.66. The summed E-state index contributed by atoms with van der Waals surface area (Å²) in [6.45, 7) is 0.892. The first-order valence-electron chi connectivity index (χ1n) is 8.77. The van der Waals surface area contributed by atoms with Gasteiger partial charge in [0.25, 0.3) is 5.91 Å². The fourth-order valence-corrected chi connectivity index (χ4v) is 4.33. The highest BCUT2D eigenvalue weighted by atomic mass is 32.2. The van der Waals surface area contributed by atoms with Gasteiger partial charge in [-0.05, 0) is 36.4 Å². The summed E-state index contributed by atoms with van der Waals surface area (Å²) in [5.41, 5.74) is 0.0206. The van der Waals surface area contributed by atoms with Gasteiger partial charge in [0.15, 0.2) is 9.84 Å². The van der Waals surface area contributed by atoms with Gasteiger partial charge in [-0.15, -0.1) is 0 Å². The van der Waals surface area contributed by atoms with Crippen molar-refractivity contribution in [2.45, 2.75) is 9.79 Å². The summed E-state index contributed by atoms with van der Waals surface area (Å²) < 4.78 is 60.5. The number of piperazine rings is 1. The van der Waals surface area contributed by atoms with Crippen LogP contribution < -0.4 is 10.0 Å². The summed E-state index contributed by atoms with van der Waals surface area (Å²) in [5.74, 6) is -1.64. The normalized spacial score (nSPS) is 15.3. The minimum absolute atomic E-state index is 0.122. The molecule has 1 aliphatic rings. The molecule has 162 valence electrons. The van der Waals surface area contributed by atoms with Crippen LogP contribution >= 0.6 is 0 Å². The fraction of sp³-hybridized carbons (Fsp3) is 0.278. The minimum Gasteiger partial charge on any atom is -0.507 e. The number of carbonyl (C=O) groups is 1. The molecular formula is C18H20FN3O6S2. The van der Waals surface area contributed by atoms with Crippen molar-refractivity contribution < 1.29 is 31.1 Å². The first kappa shape index (κ1) is 22.0.